The standard InChI is InChI=1S/C21H19N7O.C19H27N5O.C14H16N4O2.C12H13N5O3.C12H12N4O4/c1-13(2)17-11-24-15(6-7-16-10-25-20-5-4-8-26-28(16)20)9-18(17)29-19-12-23-14(3)27-21(19)22;1-11(2)8-22-18-17(10-23-19(20)24-18)25-16-7-15(13-5-6-13)21-9-14(16)12(3)4;1-8(2)10-6-17-13(19-4)5-11(10)20-12-7-16-9(3)18-14(12)15;1-6-15-5-9(11(13)17-6)20-8-3-10(19-2)16-4-7(8)12(14)18;1-6-14-5-9(11(13)16-6)20-8-3-10(19-2)15-4-7(8)12(17)18/h4-5,8-13H,1-3H3,(H2,22,23,27);7,9-13H,5-6,8H2,1-4H3,(H3,20,22,23,24);5-7H,1H2,2-4H3,(H2,15,16,18);3-5H,1-2H3,(H2,14,18)(H2,13,15,17);3-5H,1-2H3,(H,17,18)(H2,13,14,16). The van der Waals surface area contributed by atoms with Gasteiger partial charge in [-0.1, -0.05) is 48.1 Å². The maximum Gasteiger partial charge on any atom is 0.341 e. The van der Waals surface area contributed by atoms with Crippen molar-refractivity contribution in [2.75, 3.05) is 61.9 Å². The van der Waals surface area contributed by atoms with Crippen molar-refractivity contribution in [3.8, 4) is 87.0 Å². The summed E-state index contributed by atoms with van der Waals surface area (Å²) in [4.78, 5) is 88.3. The van der Waals surface area contributed by atoms with Crippen LogP contribution in [0, 0.1) is 45.5 Å². The molecule has 0 spiro atoms. The average Bonchev–Trinajstić information content (AvgIpc) is 0.886. The maximum absolute atomic E-state index is 11.3. The molecule has 1 fully saturated rings. The second kappa shape index (κ2) is 38.5. The number of nitrogens with two attached hydrogens (primary N) is 6. The summed E-state index contributed by atoms with van der Waals surface area (Å²) >= 11 is 0. The Kier molecular flexibility index (Phi) is 28.1. The summed E-state index contributed by atoms with van der Waals surface area (Å²) in [5.41, 5.74) is 40.9. The summed E-state index contributed by atoms with van der Waals surface area (Å²) < 4.78 is 45.7. The van der Waals surface area contributed by atoms with Crippen molar-refractivity contribution in [3.05, 3.63) is 192 Å². The maximum atomic E-state index is 11.3. The molecular formula is C78H87N25O11. The fraction of sp³-hybridized carbons (Fsp3) is 0.269. The Bertz CT molecular complexity index is 5230. The molecule has 590 valence electrons. The number of hydrogen-bond acceptors (Lipinski definition) is 33. The van der Waals surface area contributed by atoms with Gasteiger partial charge < -0.3 is 82.7 Å². The molecule has 1 aliphatic rings. The lowest BCUT2D eigenvalue weighted by atomic mass is 10.0. The van der Waals surface area contributed by atoms with Crippen LogP contribution in [-0.4, -0.2) is 134 Å². The molecule has 36 nitrogen and oxygen atoms in total. The molecule has 0 atom stereocenters. The molecule has 0 bridgehead atoms. The Morgan fingerprint density at radius 2 is 0.956 bits per heavy atom. The summed E-state index contributed by atoms with van der Waals surface area (Å²) in [7, 11) is 4.39. The number of carboxylic acids is 1. The molecular weight excluding hydrogens is 1460 g/mol. The van der Waals surface area contributed by atoms with Gasteiger partial charge in [-0.05, 0) is 94.8 Å². The Labute approximate surface area is 656 Å². The van der Waals surface area contributed by atoms with Crippen molar-refractivity contribution < 1.29 is 52.6 Å². The van der Waals surface area contributed by atoms with E-state index in [0.29, 0.717) is 92.9 Å². The number of methoxy groups -OCH3 is 3. The lowest BCUT2D eigenvalue weighted by Crippen LogP contribution is -2.13. The van der Waals surface area contributed by atoms with Gasteiger partial charge in [0.25, 0.3) is 5.91 Å². The van der Waals surface area contributed by atoms with Gasteiger partial charge in [-0.15, -0.1) is 0 Å². The van der Waals surface area contributed by atoms with E-state index in [1.165, 1.54) is 71.1 Å². The highest BCUT2D eigenvalue weighted by Gasteiger charge is 2.27. The van der Waals surface area contributed by atoms with Gasteiger partial charge in [0.15, 0.2) is 63.5 Å². The highest BCUT2D eigenvalue weighted by molar-refractivity contribution is 5.95. The third-order valence-corrected chi connectivity index (χ3v) is 15.9. The van der Waals surface area contributed by atoms with Crippen LogP contribution in [0.1, 0.15) is 157 Å². The molecule has 14 N–H and O–H groups in total. The number of aromatic carboxylic acids is 1. The second-order valence-corrected chi connectivity index (χ2v) is 26.0. The van der Waals surface area contributed by atoms with E-state index in [4.69, 9.17) is 77.4 Å². The van der Waals surface area contributed by atoms with Crippen molar-refractivity contribution >= 4 is 58.1 Å². The molecule has 0 aliphatic heterocycles. The number of carbonyl (C=O) groups excluding carboxylic acids is 1. The summed E-state index contributed by atoms with van der Waals surface area (Å²) in [6.07, 6.45) is 21.1. The Hall–Kier alpha value is -14.8. The molecule has 12 aromatic rings. The number of allylic oxidation sites excluding steroid dienone is 1. The highest BCUT2D eigenvalue weighted by Crippen LogP contribution is 2.43. The number of rotatable bonds is 22. The number of carboxylic acid groups (broad SMARTS) is 1. The molecule has 12 heterocycles. The number of fused-ring (bicyclic) bond motifs is 1. The minimum absolute atomic E-state index is 0.0449. The minimum Gasteiger partial charge on any atom is -0.481 e. The number of anilines is 6. The van der Waals surface area contributed by atoms with Crippen LogP contribution in [0.25, 0.3) is 11.2 Å². The third-order valence-electron chi connectivity index (χ3n) is 15.9. The van der Waals surface area contributed by atoms with Gasteiger partial charge >= 0.3 is 5.97 Å². The molecule has 1 aliphatic carbocycles. The predicted molar refractivity (Wildman–Crippen MR) is 425 cm³/mol. The number of imidazole rings is 1. The van der Waals surface area contributed by atoms with E-state index >= 15 is 0 Å². The van der Waals surface area contributed by atoms with Gasteiger partial charge in [-0.25, -0.2) is 79.1 Å². The van der Waals surface area contributed by atoms with Gasteiger partial charge in [-0.2, -0.15) is 10.1 Å². The number of nitrogens with one attached hydrogen (secondary N) is 1. The molecule has 12 aromatic heterocycles. The van der Waals surface area contributed by atoms with Gasteiger partial charge in [0.1, 0.15) is 74.6 Å². The first-order chi connectivity index (χ1) is 54.5. The van der Waals surface area contributed by atoms with E-state index in [1.807, 2.05) is 25.3 Å². The van der Waals surface area contributed by atoms with Crippen LogP contribution in [0.15, 0.2) is 123 Å². The van der Waals surface area contributed by atoms with E-state index in [2.05, 4.69) is 156 Å². The lowest BCUT2D eigenvalue weighted by Gasteiger charge is -2.17. The summed E-state index contributed by atoms with van der Waals surface area (Å²) in [6.45, 7) is 26.1. The summed E-state index contributed by atoms with van der Waals surface area (Å²) in [6, 6.07) is 12.0. The number of hydrogen-bond donors (Lipinski definition) is 8. The first-order valence-corrected chi connectivity index (χ1v) is 35.2. The number of nitrogens with zero attached hydrogens (tertiary/aromatic N) is 18. The number of pyridine rings is 5. The number of aryl methyl sites for hydroxylation is 4. The van der Waals surface area contributed by atoms with Gasteiger partial charge in [0.2, 0.25) is 23.6 Å². The fourth-order valence-electron chi connectivity index (χ4n) is 9.88. The van der Waals surface area contributed by atoms with Crippen molar-refractivity contribution in [2.45, 2.75) is 107 Å². The number of amides is 1. The SMILES string of the molecule is C=C(C)c1cnc(OC)cc1Oc1cnc(C)nc1N.CC(C)CNc1nc(N)ncc1Oc1cc(C2CC2)ncc1C(C)C.COc1cc(Oc2cnc(C)nc2N)c(C(=O)O)cn1.COc1cc(Oc2cnc(C)nc2N)c(C(N)=O)cn1.Cc1ncc(Oc2cc(C#Cc3cnc4cccnn34)ncc2C(C)C)c(N)n1. The molecule has 1 saturated carbocycles. The number of carbonyl (C=O) groups is 2. The third kappa shape index (κ3) is 22.9. The largest absolute Gasteiger partial charge is 0.481 e. The Balaban J connectivity index is 0.000000165. The van der Waals surface area contributed by atoms with E-state index in [0.717, 1.165) is 52.1 Å². The first-order valence-electron chi connectivity index (χ1n) is 35.2. The van der Waals surface area contributed by atoms with E-state index in [1.54, 1.807) is 81.5 Å². The normalized spacial score (nSPS) is 11.2. The van der Waals surface area contributed by atoms with Gasteiger partial charge in [0, 0.05) is 102 Å². The number of nitrogen functional groups attached to an aromatic ring is 5. The van der Waals surface area contributed by atoms with Crippen molar-refractivity contribution in [2.24, 2.45) is 11.7 Å². The topological polar surface area (TPSA) is 520 Å². The number of primary amides is 1. The summed E-state index contributed by atoms with van der Waals surface area (Å²) in [5, 5.41) is 16.7. The van der Waals surface area contributed by atoms with E-state index in [-0.39, 0.29) is 81.0 Å². The second-order valence-electron chi connectivity index (χ2n) is 26.0. The van der Waals surface area contributed by atoms with Crippen LogP contribution >= 0.6 is 0 Å². The zero-order chi connectivity index (χ0) is 82.4. The molecule has 0 aromatic carbocycles. The van der Waals surface area contributed by atoms with Crippen LogP contribution in [-0.2, 0) is 0 Å². The highest BCUT2D eigenvalue weighted by atomic mass is 16.5. The molecule has 0 saturated heterocycles. The lowest BCUT2D eigenvalue weighted by molar-refractivity contribution is 0.0693. The molecule has 36 heteroatoms. The molecule has 0 radical (unpaired) electrons. The Morgan fingerprint density at radius 1 is 0.518 bits per heavy atom. The van der Waals surface area contributed by atoms with Crippen molar-refractivity contribution in [3.63, 3.8) is 0 Å². The fourth-order valence-corrected chi connectivity index (χ4v) is 9.88. The molecule has 114 heavy (non-hydrogen) atoms. The van der Waals surface area contributed by atoms with Crippen LogP contribution in [0.4, 0.5) is 35.0 Å². The zero-order valence-corrected chi connectivity index (χ0v) is 65.2. The van der Waals surface area contributed by atoms with Crippen molar-refractivity contribution in [1.82, 2.24) is 89.4 Å². The number of ether oxygens (including phenoxy) is 8. The average molecular weight is 1550 g/mol. The molecule has 0 unspecified atom stereocenters. The molecule has 1 amide bonds. The van der Waals surface area contributed by atoms with E-state index in [9.17, 15) is 9.59 Å². The predicted octanol–water partition coefficient (Wildman–Crippen LogP) is 12.0. The van der Waals surface area contributed by atoms with Crippen LogP contribution in [0.3, 0.4) is 0 Å². The van der Waals surface area contributed by atoms with Crippen molar-refractivity contribution in [1.29, 1.82) is 0 Å². The molecule has 13 rings (SSSR count). The van der Waals surface area contributed by atoms with Gasteiger partial charge in [-0.3, -0.25) is 9.78 Å². The first kappa shape index (κ1) is 83.3. The van der Waals surface area contributed by atoms with Crippen LogP contribution in [0.5, 0.6) is 75.1 Å². The van der Waals surface area contributed by atoms with Crippen LogP contribution in [0.2, 0.25) is 0 Å². The minimum atomic E-state index is -1.18. The quantitative estimate of drug-likeness (QED) is 0.0292. The van der Waals surface area contributed by atoms with E-state index < -0.39 is 11.9 Å². The number of aromatic nitrogens is 18. The van der Waals surface area contributed by atoms with Gasteiger partial charge in [0.05, 0.1) is 58.5 Å². The smallest absolute Gasteiger partial charge is 0.341 e. The van der Waals surface area contributed by atoms with Crippen LogP contribution < -0.4 is 77.6 Å². The zero-order valence-electron chi connectivity index (χ0n) is 65.2. The summed E-state index contributed by atoms with van der Waals surface area (Å²) in [5.74, 6) is 14.6. The monoisotopic (exact) mass is 1550 g/mol. The Morgan fingerprint density at radius 3 is 1.40 bits per heavy atom.